The molecule has 6 nitrogen and oxygen atoms in total. The molecule has 0 atom stereocenters. The molecular weight excluding hydrogens is 352 g/mol. The monoisotopic (exact) mass is 372 g/mol. The third kappa shape index (κ3) is 5.03. The number of carbonyl (C=O) groups is 2. The van der Waals surface area contributed by atoms with Crippen LogP contribution in [0, 0.1) is 20.8 Å². The van der Waals surface area contributed by atoms with E-state index < -0.39 is 11.9 Å². The highest BCUT2D eigenvalue weighted by molar-refractivity contribution is 7.80. The van der Waals surface area contributed by atoms with Crippen molar-refractivity contribution < 1.29 is 19.4 Å². The van der Waals surface area contributed by atoms with Gasteiger partial charge in [0.2, 0.25) is 0 Å². The zero-order valence-electron chi connectivity index (χ0n) is 14.8. The van der Waals surface area contributed by atoms with Crippen LogP contribution in [0.4, 0.5) is 5.69 Å². The SMILES string of the molecule is Cc1ccc(OCC(=O)NC(=S)Nc2cccc(C(=O)O)c2C)c(C)c1. The number of benzene rings is 2. The Morgan fingerprint density at radius 2 is 1.88 bits per heavy atom. The fourth-order valence-electron chi connectivity index (χ4n) is 2.42. The number of aryl methyl sites for hydroxylation is 2. The standard InChI is InChI=1S/C19H20N2O4S/c1-11-7-8-16(12(2)9-11)25-10-17(22)21-19(26)20-15-6-4-5-14(13(15)3)18(23)24/h4-9H,10H2,1-3H3,(H,23,24)(H2,20,21,22,26). The van der Waals surface area contributed by atoms with Gasteiger partial charge in [0, 0.05) is 5.69 Å². The molecule has 0 heterocycles. The second-order valence-corrected chi connectivity index (χ2v) is 6.25. The van der Waals surface area contributed by atoms with Crippen LogP contribution in [0.2, 0.25) is 0 Å². The summed E-state index contributed by atoms with van der Waals surface area (Å²) in [6, 6.07) is 10.5. The van der Waals surface area contributed by atoms with E-state index in [4.69, 9.17) is 22.1 Å². The Morgan fingerprint density at radius 1 is 1.15 bits per heavy atom. The Morgan fingerprint density at radius 3 is 2.54 bits per heavy atom. The molecule has 136 valence electrons. The van der Waals surface area contributed by atoms with Crippen LogP contribution in [0.5, 0.6) is 5.75 Å². The van der Waals surface area contributed by atoms with Crippen molar-refractivity contribution in [2.75, 3.05) is 11.9 Å². The molecule has 1 amide bonds. The van der Waals surface area contributed by atoms with Crippen molar-refractivity contribution in [2.24, 2.45) is 0 Å². The van der Waals surface area contributed by atoms with Crippen molar-refractivity contribution in [3.63, 3.8) is 0 Å². The van der Waals surface area contributed by atoms with Crippen LogP contribution in [0.15, 0.2) is 36.4 Å². The summed E-state index contributed by atoms with van der Waals surface area (Å²) in [5, 5.41) is 14.6. The van der Waals surface area contributed by atoms with Crippen molar-refractivity contribution >= 4 is 34.9 Å². The van der Waals surface area contributed by atoms with Gasteiger partial charge in [-0.25, -0.2) is 4.79 Å². The van der Waals surface area contributed by atoms with E-state index in [2.05, 4.69) is 10.6 Å². The number of ether oxygens (including phenoxy) is 1. The molecule has 0 saturated heterocycles. The van der Waals surface area contributed by atoms with Crippen LogP contribution in [0.25, 0.3) is 0 Å². The molecule has 0 aromatic heterocycles. The lowest BCUT2D eigenvalue weighted by Crippen LogP contribution is -2.37. The first-order valence-electron chi connectivity index (χ1n) is 7.91. The van der Waals surface area contributed by atoms with Gasteiger partial charge in [-0.05, 0) is 62.3 Å². The van der Waals surface area contributed by atoms with Gasteiger partial charge in [-0.3, -0.25) is 10.1 Å². The average molecular weight is 372 g/mol. The minimum atomic E-state index is -1.03. The summed E-state index contributed by atoms with van der Waals surface area (Å²) in [4.78, 5) is 23.2. The van der Waals surface area contributed by atoms with E-state index in [0.29, 0.717) is 17.0 Å². The van der Waals surface area contributed by atoms with Crippen LogP contribution in [-0.2, 0) is 4.79 Å². The maximum Gasteiger partial charge on any atom is 0.336 e. The number of amides is 1. The predicted octanol–water partition coefficient (Wildman–Crippen LogP) is 3.20. The maximum absolute atomic E-state index is 12.0. The van der Waals surface area contributed by atoms with E-state index in [1.165, 1.54) is 6.07 Å². The van der Waals surface area contributed by atoms with Crippen LogP contribution in [0.3, 0.4) is 0 Å². The largest absolute Gasteiger partial charge is 0.483 e. The summed E-state index contributed by atoms with van der Waals surface area (Å²) in [6.07, 6.45) is 0. The lowest BCUT2D eigenvalue weighted by Gasteiger charge is -2.14. The first kappa shape index (κ1) is 19.4. The van der Waals surface area contributed by atoms with Crippen molar-refractivity contribution in [3.8, 4) is 5.75 Å². The van der Waals surface area contributed by atoms with Crippen molar-refractivity contribution in [2.45, 2.75) is 20.8 Å². The van der Waals surface area contributed by atoms with Crippen LogP contribution in [-0.4, -0.2) is 28.7 Å². The Balaban J connectivity index is 1.92. The van der Waals surface area contributed by atoms with E-state index in [9.17, 15) is 9.59 Å². The van der Waals surface area contributed by atoms with E-state index in [-0.39, 0.29) is 17.3 Å². The summed E-state index contributed by atoms with van der Waals surface area (Å²) in [6.45, 7) is 5.37. The summed E-state index contributed by atoms with van der Waals surface area (Å²) in [7, 11) is 0. The molecule has 0 aliphatic heterocycles. The van der Waals surface area contributed by atoms with Gasteiger partial charge in [0.15, 0.2) is 11.7 Å². The van der Waals surface area contributed by atoms with Gasteiger partial charge in [0.05, 0.1) is 5.56 Å². The Bertz CT molecular complexity index is 865. The van der Waals surface area contributed by atoms with E-state index in [0.717, 1.165) is 11.1 Å². The minimum absolute atomic E-state index is 0.0740. The second-order valence-electron chi connectivity index (χ2n) is 5.84. The number of anilines is 1. The number of rotatable bonds is 5. The smallest absolute Gasteiger partial charge is 0.336 e. The summed E-state index contributed by atoms with van der Waals surface area (Å²) in [5.74, 6) is -0.799. The molecule has 0 saturated carbocycles. The molecule has 2 aromatic carbocycles. The molecule has 0 bridgehead atoms. The predicted molar refractivity (Wildman–Crippen MR) is 104 cm³/mol. The Kier molecular flexibility index (Phi) is 6.30. The van der Waals surface area contributed by atoms with E-state index in [1.807, 2.05) is 32.0 Å². The lowest BCUT2D eigenvalue weighted by atomic mass is 10.1. The second kappa shape index (κ2) is 8.44. The maximum atomic E-state index is 12.0. The number of hydrogen-bond acceptors (Lipinski definition) is 4. The van der Waals surface area contributed by atoms with Gasteiger partial charge in [0.25, 0.3) is 5.91 Å². The highest BCUT2D eigenvalue weighted by atomic mass is 32.1. The molecule has 7 heteroatoms. The molecule has 0 radical (unpaired) electrons. The molecule has 2 aromatic rings. The number of hydrogen-bond donors (Lipinski definition) is 3. The highest BCUT2D eigenvalue weighted by Gasteiger charge is 2.12. The van der Waals surface area contributed by atoms with Gasteiger partial charge in [-0.2, -0.15) is 0 Å². The van der Waals surface area contributed by atoms with Crippen LogP contribution in [0.1, 0.15) is 27.0 Å². The molecule has 0 fully saturated rings. The molecule has 3 N–H and O–H groups in total. The van der Waals surface area contributed by atoms with Gasteiger partial charge in [-0.15, -0.1) is 0 Å². The third-order valence-corrected chi connectivity index (χ3v) is 3.96. The highest BCUT2D eigenvalue weighted by Crippen LogP contribution is 2.19. The van der Waals surface area contributed by atoms with E-state index >= 15 is 0 Å². The molecular formula is C19H20N2O4S. The molecule has 0 spiro atoms. The topological polar surface area (TPSA) is 87.7 Å². The first-order chi connectivity index (χ1) is 12.3. The summed E-state index contributed by atoms with van der Waals surface area (Å²) < 4.78 is 5.50. The van der Waals surface area contributed by atoms with Gasteiger partial charge < -0.3 is 15.2 Å². The number of thiocarbonyl (C=S) groups is 1. The fraction of sp³-hybridized carbons (Fsp3) is 0.211. The fourth-order valence-corrected chi connectivity index (χ4v) is 2.65. The summed E-state index contributed by atoms with van der Waals surface area (Å²) in [5.41, 5.74) is 3.28. The Labute approximate surface area is 157 Å². The molecule has 0 aliphatic rings. The van der Waals surface area contributed by atoms with Crippen molar-refractivity contribution in [1.82, 2.24) is 5.32 Å². The normalized spacial score (nSPS) is 10.1. The van der Waals surface area contributed by atoms with Crippen molar-refractivity contribution in [1.29, 1.82) is 0 Å². The zero-order chi connectivity index (χ0) is 19.3. The number of nitrogens with one attached hydrogen (secondary N) is 2. The first-order valence-corrected chi connectivity index (χ1v) is 8.32. The number of carboxylic acid groups (broad SMARTS) is 1. The van der Waals surface area contributed by atoms with Crippen molar-refractivity contribution in [3.05, 3.63) is 58.7 Å². The number of aromatic carboxylic acids is 1. The van der Waals surface area contributed by atoms with Crippen LogP contribution >= 0.6 is 12.2 Å². The number of carbonyl (C=O) groups excluding carboxylic acids is 1. The Hall–Kier alpha value is -2.93. The van der Waals surface area contributed by atoms with Gasteiger partial charge in [0.1, 0.15) is 5.75 Å². The molecule has 26 heavy (non-hydrogen) atoms. The molecule has 2 rings (SSSR count). The number of carboxylic acids is 1. The quantitative estimate of drug-likeness (QED) is 0.699. The molecule has 0 unspecified atom stereocenters. The third-order valence-electron chi connectivity index (χ3n) is 3.75. The van der Waals surface area contributed by atoms with Gasteiger partial charge >= 0.3 is 5.97 Å². The average Bonchev–Trinajstić information content (AvgIpc) is 2.55. The molecule has 0 aliphatic carbocycles. The lowest BCUT2D eigenvalue weighted by molar-refractivity contribution is -0.121. The van der Waals surface area contributed by atoms with Gasteiger partial charge in [-0.1, -0.05) is 23.8 Å². The summed E-state index contributed by atoms with van der Waals surface area (Å²) >= 11 is 5.11. The van der Waals surface area contributed by atoms with Crippen LogP contribution < -0.4 is 15.4 Å². The van der Waals surface area contributed by atoms with E-state index in [1.54, 1.807) is 19.1 Å². The minimum Gasteiger partial charge on any atom is -0.483 e. The zero-order valence-corrected chi connectivity index (χ0v) is 15.6.